The van der Waals surface area contributed by atoms with Crippen molar-refractivity contribution < 1.29 is 0 Å². The van der Waals surface area contributed by atoms with Crippen molar-refractivity contribution in [3.8, 4) is 0 Å². The van der Waals surface area contributed by atoms with E-state index >= 15 is 0 Å². The van der Waals surface area contributed by atoms with Crippen molar-refractivity contribution >= 4 is 17.6 Å². The van der Waals surface area contributed by atoms with Gasteiger partial charge in [-0.3, -0.25) is 4.99 Å². The lowest BCUT2D eigenvalue weighted by Crippen LogP contribution is -2.21. The lowest BCUT2D eigenvalue weighted by atomic mass is 9.99. The molecule has 0 saturated heterocycles. The molecular weight excluding hydrogens is 174 g/mol. The molecule has 2 heterocycles. The molecule has 3 nitrogen and oxygen atoms in total. The molecule has 0 saturated carbocycles. The lowest BCUT2D eigenvalue weighted by molar-refractivity contribution is 1.02. The Morgan fingerprint density at radius 3 is 3.14 bits per heavy atom. The van der Waals surface area contributed by atoms with Gasteiger partial charge in [0.05, 0.1) is 5.69 Å². The van der Waals surface area contributed by atoms with Crippen molar-refractivity contribution in [2.75, 3.05) is 17.3 Å². The van der Waals surface area contributed by atoms with Crippen LogP contribution in [0.2, 0.25) is 0 Å². The average molecular weight is 185 g/mol. The van der Waals surface area contributed by atoms with Gasteiger partial charge >= 0.3 is 0 Å². The van der Waals surface area contributed by atoms with E-state index in [-0.39, 0.29) is 0 Å². The molecule has 3 heteroatoms. The van der Waals surface area contributed by atoms with Crippen LogP contribution in [-0.2, 0) is 6.54 Å². The molecule has 0 spiro atoms. The predicted octanol–water partition coefficient (Wildman–Crippen LogP) is 1.95. The molecule has 14 heavy (non-hydrogen) atoms. The Labute approximate surface area is 82.8 Å². The highest BCUT2D eigenvalue weighted by molar-refractivity contribution is 5.94. The van der Waals surface area contributed by atoms with Crippen LogP contribution in [0.3, 0.4) is 0 Å². The van der Waals surface area contributed by atoms with Gasteiger partial charge in [0, 0.05) is 49.0 Å². The zero-order chi connectivity index (χ0) is 9.54. The van der Waals surface area contributed by atoms with E-state index < -0.39 is 0 Å². The summed E-state index contributed by atoms with van der Waals surface area (Å²) in [4.78, 5) is 6.32. The van der Waals surface area contributed by atoms with Crippen LogP contribution in [-0.4, -0.2) is 13.3 Å². The molecule has 0 aromatic heterocycles. The summed E-state index contributed by atoms with van der Waals surface area (Å²) in [5.74, 6) is 0. The molecule has 2 aliphatic rings. The third-order valence-electron chi connectivity index (χ3n) is 2.71. The summed E-state index contributed by atoms with van der Waals surface area (Å²) in [6.07, 6.45) is 5.72. The van der Waals surface area contributed by atoms with Gasteiger partial charge in [0.2, 0.25) is 0 Å². The molecule has 1 N–H and O–H groups in total. The molecule has 2 aliphatic heterocycles. The summed E-state index contributed by atoms with van der Waals surface area (Å²) in [5.41, 5.74) is 5.11. The zero-order valence-electron chi connectivity index (χ0n) is 7.99. The highest BCUT2D eigenvalue weighted by atomic mass is 15.1. The zero-order valence-corrected chi connectivity index (χ0v) is 7.99. The number of nitrogens with one attached hydrogen (secondary N) is 1. The number of hydrogen-bond donors (Lipinski definition) is 1. The number of rotatable bonds is 0. The Balaban J connectivity index is 2.26. The molecule has 0 amide bonds. The van der Waals surface area contributed by atoms with E-state index in [9.17, 15) is 0 Å². The largest absolute Gasteiger partial charge is 0.380 e. The Morgan fingerprint density at radius 2 is 2.36 bits per heavy atom. The summed E-state index contributed by atoms with van der Waals surface area (Å²) in [5, 5.41) is 3.28. The Morgan fingerprint density at radius 1 is 1.43 bits per heavy atom. The second-order valence-corrected chi connectivity index (χ2v) is 3.57. The molecule has 0 atom stereocenters. The van der Waals surface area contributed by atoms with Gasteiger partial charge in [0.25, 0.3) is 0 Å². The third kappa shape index (κ3) is 0.894. The Hall–Kier alpha value is -1.77. The van der Waals surface area contributed by atoms with Gasteiger partial charge in [0.1, 0.15) is 0 Å². The first-order valence-corrected chi connectivity index (χ1v) is 4.69. The first kappa shape index (κ1) is 7.62. The van der Waals surface area contributed by atoms with E-state index in [2.05, 4.69) is 34.4 Å². The molecule has 0 aliphatic carbocycles. The van der Waals surface area contributed by atoms with E-state index in [0.717, 1.165) is 6.54 Å². The van der Waals surface area contributed by atoms with Crippen molar-refractivity contribution in [2.45, 2.75) is 6.54 Å². The van der Waals surface area contributed by atoms with Gasteiger partial charge in [-0.05, 0) is 12.1 Å². The smallest absolute Gasteiger partial charge is 0.0564 e. The molecule has 3 rings (SSSR count). The molecule has 1 aromatic carbocycles. The third-order valence-corrected chi connectivity index (χ3v) is 2.71. The SMILES string of the molecule is CN1C=CN=Cc2ccc3c(c21)CN3. The summed E-state index contributed by atoms with van der Waals surface area (Å²) in [7, 11) is 2.06. The van der Waals surface area contributed by atoms with Crippen LogP contribution in [0.5, 0.6) is 0 Å². The summed E-state index contributed by atoms with van der Waals surface area (Å²) < 4.78 is 0. The van der Waals surface area contributed by atoms with Crippen molar-refractivity contribution in [3.05, 3.63) is 35.7 Å². The molecule has 0 radical (unpaired) electrons. The highest BCUT2D eigenvalue weighted by Crippen LogP contribution is 2.37. The van der Waals surface area contributed by atoms with Gasteiger partial charge in [0.15, 0.2) is 0 Å². The molecular formula is C11H11N3. The molecule has 0 bridgehead atoms. The highest BCUT2D eigenvalue weighted by Gasteiger charge is 2.21. The maximum absolute atomic E-state index is 4.19. The van der Waals surface area contributed by atoms with E-state index in [1.165, 1.54) is 22.5 Å². The maximum Gasteiger partial charge on any atom is 0.0564 e. The fourth-order valence-electron chi connectivity index (χ4n) is 1.93. The second-order valence-electron chi connectivity index (χ2n) is 3.57. The normalized spacial score (nSPS) is 16.5. The van der Waals surface area contributed by atoms with Gasteiger partial charge in [-0.15, -0.1) is 0 Å². The minimum atomic E-state index is 0.963. The minimum absolute atomic E-state index is 0.963. The van der Waals surface area contributed by atoms with E-state index in [0.29, 0.717) is 0 Å². The van der Waals surface area contributed by atoms with Gasteiger partial charge in [-0.1, -0.05) is 0 Å². The fourth-order valence-corrected chi connectivity index (χ4v) is 1.93. The Bertz CT molecular complexity index is 446. The Kier molecular flexibility index (Phi) is 1.42. The van der Waals surface area contributed by atoms with Crippen LogP contribution in [0.15, 0.2) is 29.5 Å². The average Bonchev–Trinajstić information content (AvgIpc) is 2.30. The number of nitrogens with zero attached hydrogens (tertiary/aromatic N) is 2. The van der Waals surface area contributed by atoms with Crippen LogP contribution in [0, 0.1) is 0 Å². The number of fused-ring (bicyclic) bond motifs is 3. The standard InChI is InChI=1S/C11H11N3/c1-14-5-4-12-6-8-2-3-10-9(7-13-10)11(8)14/h2-6,13H,7H2,1H3. The first-order valence-electron chi connectivity index (χ1n) is 4.69. The van der Waals surface area contributed by atoms with E-state index in [1.54, 1.807) is 0 Å². The van der Waals surface area contributed by atoms with Crippen molar-refractivity contribution in [1.82, 2.24) is 0 Å². The maximum atomic E-state index is 4.19. The molecule has 1 aromatic rings. The molecule has 0 fully saturated rings. The monoisotopic (exact) mass is 185 g/mol. The van der Waals surface area contributed by atoms with Gasteiger partial charge in [-0.2, -0.15) is 0 Å². The number of aliphatic imine (C=N–C) groups is 1. The van der Waals surface area contributed by atoms with E-state index in [1.807, 2.05) is 18.6 Å². The van der Waals surface area contributed by atoms with Crippen LogP contribution in [0.4, 0.5) is 11.4 Å². The van der Waals surface area contributed by atoms with Crippen LogP contribution in [0.25, 0.3) is 0 Å². The van der Waals surface area contributed by atoms with Crippen LogP contribution >= 0.6 is 0 Å². The second kappa shape index (κ2) is 2.61. The van der Waals surface area contributed by atoms with Crippen LogP contribution < -0.4 is 10.2 Å². The molecule has 0 unspecified atom stereocenters. The van der Waals surface area contributed by atoms with Gasteiger partial charge < -0.3 is 10.2 Å². The number of anilines is 2. The fraction of sp³-hybridized carbons (Fsp3) is 0.182. The number of hydrogen-bond acceptors (Lipinski definition) is 3. The lowest BCUT2D eigenvalue weighted by Gasteiger charge is -2.29. The van der Waals surface area contributed by atoms with Crippen LogP contribution in [0.1, 0.15) is 11.1 Å². The quantitative estimate of drug-likeness (QED) is 0.669. The van der Waals surface area contributed by atoms with E-state index in [4.69, 9.17) is 0 Å². The van der Waals surface area contributed by atoms with Crippen molar-refractivity contribution in [2.24, 2.45) is 4.99 Å². The predicted molar refractivity (Wildman–Crippen MR) is 58.9 cm³/mol. The first-order chi connectivity index (χ1) is 6.86. The van der Waals surface area contributed by atoms with Crippen molar-refractivity contribution in [3.63, 3.8) is 0 Å². The minimum Gasteiger partial charge on any atom is -0.380 e. The summed E-state index contributed by atoms with van der Waals surface area (Å²) >= 11 is 0. The summed E-state index contributed by atoms with van der Waals surface area (Å²) in [6, 6.07) is 4.22. The van der Waals surface area contributed by atoms with Gasteiger partial charge in [-0.25, -0.2) is 0 Å². The topological polar surface area (TPSA) is 27.6 Å². The molecule has 70 valence electrons. The van der Waals surface area contributed by atoms with Crippen molar-refractivity contribution in [1.29, 1.82) is 0 Å². The number of benzene rings is 1. The summed E-state index contributed by atoms with van der Waals surface area (Å²) in [6.45, 7) is 0.963.